The van der Waals surface area contributed by atoms with E-state index in [2.05, 4.69) is 334 Å². The quantitative estimate of drug-likeness (QED) is 0.0845. The van der Waals surface area contributed by atoms with Crippen molar-refractivity contribution in [2.24, 2.45) is 0 Å². The van der Waals surface area contributed by atoms with Crippen LogP contribution in [0.4, 0.5) is 0 Å². The summed E-state index contributed by atoms with van der Waals surface area (Å²) in [6.07, 6.45) is -1.22. The monoisotopic (exact) mass is 1020 g/mol. The van der Waals surface area contributed by atoms with Crippen molar-refractivity contribution < 1.29 is 0 Å². The molecule has 11 aromatic carbocycles. The molecular formula is C69H57BP4. The van der Waals surface area contributed by atoms with Crippen molar-refractivity contribution in [2.75, 3.05) is 0 Å². The Balaban J connectivity index is 0.000000197. The molecule has 0 spiro atoms. The Morgan fingerprint density at radius 1 is 0.284 bits per heavy atom. The van der Waals surface area contributed by atoms with Crippen molar-refractivity contribution in [3.8, 4) is 0 Å². The van der Waals surface area contributed by atoms with Gasteiger partial charge < -0.3 is 0 Å². The highest BCUT2D eigenvalue weighted by atomic mass is 31.7. The van der Waals surface area contributed by atoms with E-state index in [4.69, 9.17) is 0 Å². The smallest absolute Gasteiger partial charge is 0.139 e. The van der Waals surface area contributed by atoms with Crippen LogP contribution in [0.3, 0.4) is 0 Å². The summed E-state index contributed by atoms with van der Waals surface area (Å²) in [5, 5.41) is 10.6. The first-order valence-corrected chi connectivity index (χ1v) is 31.8. The third-order valence-electron chi connectivity index (χ3n) is 14.9. The first-order chi connectivity index (χ1) is 36.8. The van der Waals surface area contributed by atoms with Gasteiger partial charge in [0.2, 0.25) is 0 Å². The van der Waals surface area contributed by atoms with Crippen molar-refractivity contribution in [3.05, 3.63) is 339 Å². The zero-order valence-electron chi connectivity index (χ0n) is 41.3. The number of hydrogen-bond donors (Lipinski definition) is 0. The normalized spacial score (nSPS) is 14.8. The predicted octanol–water partition coefficient (Wildman–Crippen LogP) is 13.1. The Bertz CT molecular complexity index is 3210. The van der Waals surface area contributed by atoms with Gasteiger partial charge in [-0.15, -0.1) is 0 Å². The van der Waals surface area contributed by atoms with Gasteiger partial charge in [0.1, 0.15) is 34.7 Å². The fourth-order valence-corrected chi connectivity index (χ4v) is 30.5. The van der Waals surface area contributed by atoms with Crippen molar-refractivity contribution in [1.29, 1.82) is 0 Å². The van der Waals surface area contributed by atoms with Gasteiger partial charge in [-0.05, 0) is 80.5 Å². The molecule has 0 N–H and O–H groups in total. The molecule has 0 saturated carbocycles. The zero-order valence-corrected chi connectivity index (χ0v) is 44.9. The van der Waals surface area contributed by atoms with Gasteiger partial charge in [0, 0.05) is 5.03 Å². The SMILES string of the molecule is c1ccc(C2C(=P(c3ccccc3)(c3ccccc3)c3ccccc3)P=PC2[P+](c2ccccc2)(c2ccccc2)c2ccccc2)cc1.c1ccc([B-](c2ccccc2)(c2ccccc2)c2ccccc2)cc1. The number of hydrogen-bond acceptors (Lipinski definition) is 0. The Hall–Kier alpha value is -7.19. The summed E-state index contributed by atoms with van der Waals surface area (Å²) in [7, 11) is 0.630. The van der Waals surface area contributed by atoms with E-state index in [1.807, 2.05) is 0 Å². The minimum Gasteiger partial charge on any atom is -0.195 e. The lowest BCUT2D eigenvalue weighted by molar-refractivity contribution is 1.02. The summed E-state index contributed by atoms with van der Waals surface area (Å²) < 4.78 is 0. The summed E-state index contributed by atoms with van der Waals surface area (Å²) in [6.45, 7) is -2.29. The van der Waals surface area contributed by atoms with E-state index >= 15 is 0 Å². The third-order valence-corrected chi connectivity index (χ3v) is 30.0. The number of benzene rings is 11. The molecule has 2 unspecified atom stereocenters. The molecule has 74 heavy (non-hydrogen) atoms. The van der Waals surface area contributed by atoms with Gasteiger partial charge in [-0.3, -0.25) is 0 Å². The Morgan fingerprint density at radius 2 is 0.527 bits per heavy atom. The van der Waals surface area contributed by atoms with E-state index in [9.17, 15) is 0 Å². The summed E-state index contributed by atoms with van der Waals surface area (Å²) in [4.78, 5) is 0. The van der Waals surface area contributed by atoms with E-state index in [-0.39, 0.29) is 5.92 Å². The Labute approximate surface area is 442 Å². The summed E-state index contributed by atoms with van der Waals surface area (Å²) in [5.74, 6) is 0.215. The molecule has 0 nitrogen and oxygen atoms in total. The second-order valence-corrected chi connectivity index (χ2v) is 29.2. The lowest BCUT2D eigenvalue weighted by atomic mass is 9.13. The first kappa shape index (κ1) is 49.0. The maximum absolute atomic E-state index is 2.41. The molecule has 11 aromatic rings. The minimum atomic E-state index is -2.29. The first-order valence-electron chi connectivity index (χ1n) is 25.6. The lowest BCUT2D eigenvalue weighted by Crippen LogP contribution is -2.74. The highest BCUT2D eigenvalue weighted by Gasteiger charge is 2.58. The van der Waals surface area contributed by atoms with E-state index in [1.54, 1.807) is 5.03 Å². The molecule has 1 aliphatic heterocycles. The number of rotatable bonds is 12. The fourth-order valence-electron chi connectivity index (χ4n) is 11.8. The van der Waals surface area contributed by atoms with Gasteiger partial charge in [0.05, 0.1) is 5.92 Å². The van der Waals surface area contributed by atoms with Crippen LogP contribution in [0.5, 0.6) is 0 Å². The largest absolute Gasteiger partial charge is 0.195 e. The molecule has 0 saturated heterocycles. The highest BCUT2D eigenvalue weighted by molar-refractivity contribution is 8.14. The molecule has 1 heterocycles. The molecule has 12 rings (SSSR count). The maximum atomic E-state index is 2.41. The molecule has 2 atom stereocenters. The average Bonchev–Trinajstić information content (AvgIpc) is 3.95. The van der Waals surface area contributed by atoms with Crippen LogP contribution in [-0.2, 0) is 0 Å². The molecular weight excluding hydrogens is 963 g/mol. The average molecular weight is 1020 g/mol. The standard InChI is InChI=1S/C45H37P4.C24H20B/c1-8-22-36(23-9-1)43-44(48(37-24-10-2-11-25-37,38-26-12-3-13-27-38)39-28-14-4-15-29-39)46-47-45(43)49(40-30-16-5-17-31-40,41-32-18-6-19-33-41)42-34-20-7-21-35-42;1-5-13-21(14-6-1)25(22-15-7-2-8-16-22,23-17-9-3-10-18-23)24-19-11-4-12-20-24/h1-35,43-44H;1-20H/q+1;-1. The van der Waals surface area contributed by atoms with Crippen LogP contribution < -0.4 is 53.7 Å². The van der Waals surface area contributed by atoms with E-state index in [0.29, 0.717) is 5.40 Å². The molecule has 0 radical (unpaired) electrons. The predicted molar refractivity (Wildman–Crippen MR) is 332 cm³/mol. The van der Waals surface area contributed by atoms with E-state index in [1.165, 1.54) is 75.0 Å². The van der Waals surface area contributed by atoms with E-state index in [0.717, 1.165) is 0 Å². The Kier molecular flexibility index (Phi) is 15.2. The van der Waals surface area contributed by atoms with Crippen LogP contribution in [0.15, 0.2) is 334 Å². The van der Waals surface area contributed by atoms with Crippen molar-refractivity contribution >= 4 is 94.7 Å². The third kappa shape index (κ3) is 9.15. The van der Waals surface area contributed by atoms with Gasteiger partial charge in [0.25, 0.3) is 0 Å². The van der Waals surface area contributed by atoms with Crippen molar-refractivity contribution in [2.45, 2.75) is 11.3 Å². The van der Waals surface area contributed by atoms with Crippen LogP contribution in [0.25, 0.3) is 0 Å². The zero-order chi connectivity index (χ0) is 49.9. The summed E-state index contributed by atoms with van der Waals surface area (Å²) in [5.41, 5.74) is 6.77. The van der Waals surface area contributed by atoms with Gasteiger partial charge >= 0.3 is 0 Å². The lowest BCUT2D eigenvalue weighted by Gasteiger charge is -2.44. The molecule has 356 valence electrons. The molecule has 1 aliphatic rings. The van der Waals surface area contributed by atoms with Gasteiger partial charge in [-0.1, -0.05) is 297 Å². The summed E-state index contributed by atoms with van der Waals surface area (Å²) >= 11 is 0. The van der Waals surface area contributed by atoms with E-state index < -0.39 is 20.3 Å². The van der Waals surface area contributed by atoms with Gasteiger partial charge in [-0.25, -0.2) is 0 Å². The fraction of sp³-hybridized carbons (Fsp3) is 0.0290. The maximum Gasteiger partial charge on any atom is 0.139 e. The van der Waals surface area contributed by atoms with Gasteiger partial charge in [-0.2, -0.15) is 21.9 Å². The molecule has 0 aromatic heterocycles. The molecule has 0 amide bonds. The van der Waals surface area contributed by atoms with Crippen LogP contribution in [-0.4, -0.2) is 16.6 Å². The topological polar surface area (TPSA) is 0 Å². The van der Waals surface area contributed by atoms with Crippen molar-refractivity contribution in [3.63, 3.8) is 0 Å². The second kappa shape index (κ2) is 22.9. The second-order valence-electron chi connectivity index (χ2n) is 18.8. The molecule has 0 aliphatic carbocycles. The van der Waals surface area contributed by atoms with Crippen LogP contribution in [0, 0.1) is 0 Å². The molecule has 0 fully saturated rings. The molecule has 5 heteroatoms. The highest BCUT2D eigenvalue weighted by Crippen LogP contribution is 2.73. The molecule has 0 bridgehead atoms. The summed E-state index contributed by atoms with van der Waals surface area (Å²) in [6, 6.07) is 124. The van der Waals surface area contributed by atoms with Crippen molar-refractivity contribution in [1.82, 2.24) is 0 Å². The Morgan fingerprint density at radius 3 is 0.811 bits per heavy atom. The van der Waals surface area contributed by atoms with Crippen LogP contribution in [0.2, 0.25) is 0 Å². The van der Waals surface area contributed by atoms with Crippen LogP contribution >= 0.6 is 29.9 Å². The van der Waals surface area contributed by atoms with Gasteiger partial charge in [0.15, 0.2) is 0 Å². The van der Waals surface area contributed by atoms with Crippen LogP contribution in [0.1, 0.15) is 11.5 Å². The minimum absolute atomic E-state index is 0.215.